The number of esters is 1. The van der Waals surface area contributed by atoms with Crippen molar-refractivity contribution in [2.45, 2.75) is 70.0 Å². The van der Waals surface area contributed by atoms with Gasteiger partial charge >= 0.3 is 5.97 Å². The standard InChI is InChI=1S/C17H30NO3/c1-17(20,14-7-3-4-8-14)16(19)21-15-9-12-18(13-15)10-5-2-6-11-18/h14-15,20H,2-13H2,1H3/q+1. The van der Waals surface area contributed by atoms with Crippen molar-refractivity contribution in [3.63, 3.8) is 0 Å². The maximum absolute atomic E-state index is 12.4. The van der Waals surface area contributed by atoms with Crippen LogP contribution in [0.5, 0.6) is 0 Å². The number of aliphatic hydroxyl groups is 1. The molecule has 0 aromatic carbocycles. The van der Waals surface area contributed by atoms with Gasteiger partial charge in [-0.2, -0.15) is 0 Å². The first-order chi connectivity index (χ1) is 10.0. The molecule has 120 valence electrons. The Labute approximate surface area is 128 Å². The van der Waals surface area contributed by atoms with Crippen LogP contribution in [0.15, 0.2) is 0 Å². The van der Waals surface area contributed by atoms with E-state index in [9.17, 15) is 9.90 Å². The van der Waals surface area contributed by atoms with E-state index in [0.29, 0.717) is 0 Å². The number of hydrogen-bond acceptors (Lipinski definition) is 3. The van der Waals surface area contributed by atoms with Crippen molar-refractivity contribution < 1.29 is 19.1 Å². The van der Waals surface area contributed by atoms with E-state index in [0.717, 1.165) is 49.7 Å². The van der Waals surface area contributed by atoms with Crippen molar-refractivity contribution in [2.75, 3.05) is 26.2 Å². The van der Waals surface area contributed by atoms with Gasteiger partial charge in [-0.25, -0.2) is 4.79 Å². The molecule has 3 rings (SSSR count). The van der Waals surface area contributed by atoms with Crippen LogP contribution in [0.1, 0.15) is 58.3 Å². The van der Waals surface area contributed by atoms with Gasteiger partial charge in [0.25, 0.3) is 0 Å². The van der Waals surface area contributed by atoms with E-state index in [-0.39, 0.29) is 18.0 Å². The highest BCUT2D eigenvalue weighted by molar-refractivity contribution is 5.79. The average Bonchev–Trinajstić information content (AvgIpc) is 3.11. The van der Waals surface area contributed by atoms with Crippen molar-refractivity contribution in [3.8, 4) is 0 Å². The number of carbonyl (C=O) groups excluding carboxylic acids is 1. The molecular weight excluding hydrogens is 266 g/mol. The minimum absolute atomic E-state index is 0.0171. The van der Waals surface area contributed by atoms with Crippen molar-refractivity contribution in [1.82, 2.24) is 0 Å². The molecule has 2 atom stereocenters. The van der Waals surface area contributed by atoms with E-state index in [4.69, 9.17) is 4.74 Å². The lowest BCUT2D eigenvalue weighted by molar-refractivity contribution is -0.922. The molecule has 2 heterocycles. The highest BCUT2D eigenvalue weighted by Gasteiger charge is 2.46. The van der Waals surface area contributed by atoms with Crippen LogP contribution in [0.25, 0.3) is 0 Å². The van der Waals surface area contributed by atoms with Crippen molar-refractivity contribution >= 4 is 5.97 Å². The fourth-order valence-corrected chi connectivity index (χ4v) is 4.64. The summed E-state index contributed by atoms with van der Waals surface area (Å²) in [6, 6.07) is 0. The average molecular weight is 296 g/mol. The Bertz CT molecular complexity index is 381. The second-order valence-corrected chi connectivity index (χ2v) is 7.70. The van der Waals surface area contributed by atoms with Crippen LogP contribution in [-0.2, 0) is 9.53 Å². The molecule has 0 amide bonds. The van der Waals surface area contributed by atoms with E-state index in [1.165, 1.54) is 32.4 Å². The SMILES string of the molecule is CC(O)(C(=O)OC1CC[N+]2(CCCCC2)C1)C1CCCC1. The maximum Gasteiger partial charge on any atom is 0.338 e. The Morgan fingerprint density at radius 2 is 1.71 bits per heavy atom. The lowest BCUT2D eigenvalue weighted by Crippen LogP contribution is -2.51. The quantitative estimate of drug-likeness (QED) is 0.642. The van der Waals surface area contributed by atoms with Gasteiger partial charge in [0.1, 0.15) is 6.54 Å². The number of hydrogen-bond donors (Lipinski definition) is 1. The molecule has 1 saturated carbocycles. The number of carbonyl (C=O) groups is 1. The molecule has 2 aliphatic heterocycles. The van der Waals surface area contributed by atoms with E-state index in [2.05, 4.69) is 0 Å². The predicted octanol–water partition coefficient (Wildman–Crippen LogP) is 2.24. The van der Waals surface area contributed by atoms with E-state index < -0.39 is 5.60 Å². The highest BCUT2D eigenvalue weighted by atomic mass is 16.6. The van der Waals surface area contributed by atoms with Crippen LogP contribution in [0.3, 0.4) is 0 Å². The lowest BCUT2D eigenvalue weighted by Gasteiger charge is -2.37. The van der Waals surface area contributed by atoms with E-state index in [1.54, 1.807) is 6.92 Å². The molecule has 3 fully saturated rings. The highest BCUT2D eigenvalue weighted by Crippen LogP contribution is 2.36. The van der Waals surface area contributed by atoms with Gasteiger partial charge in [0, 0.05) is 6.42 Å². The Morgan fingerprint density at radius 3 is 2.38 bits per heavy atom. The van der Waals surface area contributed by atoms with Crippen molar-refractivity contribution in [2.24, 2.45) is 5.92 Å². The molecule has 1 N–H and O–H groups in total. The molecule has 0 aromatic heterocycles. The molecule has 0 aromatic rings. The summed E-state index contributed by atoms with van der Waals surface area (Å²) in [7, 11) is 0. The van der Waals surface area contributed by atoms with Gasteiger partial charge in [-0.1, -0.05) is 12.8 Å². The molecule has 2 unspecified atom stereocenters. The minimum Gasteiger partial charge on any atom is -0.454 e. The molecule has 1 spiro atoms. The van der Waals surface area contributed by atoms with E-state index in [1.807, 2.05) is 0 Å². The summed E-state index contributed by atoms with van der Waals surface area (Å²) in [6.45, 7) is 6.25. The normalized spacial score (nSPS) is 32.2. The zero-order valence-electron chi connectivity index (χ0n) is 13.4. The molecule has 4 heteroatoms. The summed E-state index contributed by atoms with van der Waals surface area (Å²) >= 11 is 0. The topological polar surface area (TPSA) is 46.5 Å². The van der Waals surface area contributed by atoms with Crippen LogP contribution in [0.4, 0.5) is 0 Å². The largest absolute Gasteiger partial charge is 0.454 e. The van der Waals surface area contributed by atoms with Gasteiger partial charge in [-0.15, -0.1) is 0 Å². The Morgan fingerprint density at radius 1 is 1.05 bits per heavy atom. The van der Waals surface area contributed by atoms with Crippen molar-refractivity contribution in [3.05, 3.63) is 0 Å². The van der Waals surface area contributed by atoms with Crippen LogP contribution >= 0.6 is 0 Å². The molecule has 0 radical (unpaired) electrons. The number of nitrogens with zero attached hydrogens (tertiary/aromatic N) is 1. The number of ether oxygens (including phenoxy) is 1. The monoisotopic (exact) mass is 296 g/mol. The zero-order valence-corrected chi connectivity index (χ0v) is 13.4. The maximum atomic E-state index is 12.4. The molecule has 4 nitrogen and oxygen atoms in total. The summed E-state index contributed by atoms with van der Waals surface area (Å²) < 4.78 is 6.85. The third-order valence-corrected chi connectivity index (χ3v) is 6.12. The first-order valence-electron chi connectivity index (χ1n) is 8.80. The molecular formula is C17H30NO3+. The van der Waals surface area contributed by atoms with Gasteiger partial charge in [0.15, 0.2) is 11.7 Å². The number of rotatable bonds is 3. The lowest BCUT2D eigenvalue weighted by atomic mass is 9.88. The summed E-state index contributed by atoms with van der Waals surface area (Å²) in [6.07, 6.45) is 9.09. The second-order valence-electron chi connectivity index (χ2n) is 7.70. The molecule has 21 heavy (non-hydrogen) atoms. The summed E-state index contributed by atoms with van der Waals surface area (Å²) in [5, 5.41) is 10.6. The van der Waals surface area contributed by atoms with Crippen LogP contribution in [-0.4, -0.2) is 53.4 Å². The summed E-state index contributed by atoms with van der Waals surface area (Å²) in [5.74, 6) is -0.291. The number of piperidine rings is 1. The minimum atomic E-state index is -1.29. The first-order valence-corrected chi connectivity index (χ1v) is 8.80. The Hall–Kier alpha value is -0.610. The molecule has 1 aliphatic carbocycles. The van der Waals surface area contributed by atoms with Gasteiger partial charge in [-0.05, 0) is 44.9 Å². The second kappa shape index (κ2) is 5.88. The van der Waals surface area contributed by atoms with Crippen LogP contribution in [0.2, 0.25) is 0 Å². The molecule has 3 aliphatic rings. The fraction of sp³-hybridized carbons (Fsp3) is 0.941. The van der Waals surface area contributed by atoms with Crippen molar-refractivity contribution in [1.29, 1.82) is 0 Å². The summed E-state index contributed by atoms with van der Waals surface area (Å²) in [5.41, 5.74) is -1.29. The molecule has 2 saturated heterocycles. The van der Waals surface area contributed by atoms with Crippen LogP contribution in [0, 0.1) is 5.92 Å². The predicted molar refractivity (Wildman–Crippen MR) is 80.7 cm³/mol. The van der Waals surface area contributed by atoms with Gasteiger partial charge in [0.2, 0.25) is 0 Å². The van der Waals surface area contributed by atoms with Gasteiger partial charge in [-0.3, -0.25) is 0 Å². The van der Waals surface area contributed by atoms with Gasteiger partial charge in [0.05, 0.1) is 19.6 Å². The Balaban J connectivity index is 1.55. The van der Waals surface area contributed by atoms with Crippen LogP contribution < -0.4 is 0 Å². The van der Waals surface area contributed by atoms with E-state index >= 15 is 0 Å². The fourth-order valence-electron chi connectivity index (χ4n) is 4.64. The smallest absolute Gasteiger partial charge is 0.338 e. The third kappa shape index (κ3) is 3.11. The number of quaternary nitrogens is 1. The first kappa shape index (κ1) is 15.3. The zero-order chi connectivity index (χ0) is 14.9. The third-order valence-electron chi connectivity index (χ3n) is 6.12. The Kier molecular flexibility index (Phi) is 4.28. The molecule has 0 bridgehead atoms. The summed E-state index contributed by atoms with van der Waals surface area (Å²) in [4.78, 5) is 12.4. The van der Waals surface area contributed by atoms with Gasteiger partial charge < -0.3 is 14.3 Å².